The maximum Gasteiger partial charge on any atom is 0.255 e. The van der Waals surface area contributed by atoms with E-state index >= 15 is 0 Å². The number of ether oxygens (including phenoxy) is 1. The van der Waals surface area contributed by atoms with Crippen LogP contribution in [0.25, 0.3) is 0 Å². The van der Waals surface area contributed by atoms with E-state index in [2.05, 4.69) is 5.32 Å². The van der Waals surface area contributed by atoms with Crippen LogP contribution in [-0.2, 0) is 16.4 Å². The van der Waals surface area contributed by atoms with Gasteiger partial charge in [-0.25, -0.2) is 8.42 Å². The van der Waals surface area contributed by atoms with E-state index in [0.717, 1.165) is 18.2 Å². The highest BCUT2D eigenvalue weighted by molar-refractivity contribution is 7.92. The highest BCUT2D eigenvalue weighted by atomic mass is 32.2. The number of nitrogens with one attached hydrogen (secondary N) is 1. The van der Waals surface area contributed by atoms with E-state index in [1.54, 1.807) is 36.4 Å². The number of carbonyl (C=O) groups is 1. The second-order valence-electron chi connectivity index (χ2n) is 5.81. The largest absolute Gasteiger partial charge is 0.496 e. The number of methoxy groups -OCH3 is 1. The minimum Gasteiger partial charge on any atom is -0.496 e. The summed E-state index contributed by atoms with van der Waals surface area (Å²) in [5.41, 5.74) is 2.12. The molecule has 0 aliphatic rings. The zero-order chi connectivity index (χ0) is 19.2. The van der Waals surface area contributed by atoms with Crippen LogP contribution in [0.4, 0.5) is 5.69 Å². The fraction of sp³-hybridized carbons (Fsp3) is 0.316. The van der Waals surface area contributed by atoms with Gasteiger partial charge in [0, 0.05) is 6.54 Å². The Hall–Kier alpha value is -2.54. The molecule has 0 aliphatic heterocycles. The first-order valence-electron chi connectivity index (χ1n) is 8.34. The number of hydrogen-bond acceptors (Lipinski definition) is 4. The molecule has 0 aromatic heterocycles. The third-order valence-corrected chi connectivity index (χ3v) is 5.18. The van der Waals surface area contributed by atoms with Gasteiger partial charge in [-0.1, -0.05) is 31.2 Å². The molecule has 140 valence electrons. The standard InChI is InChI=1S/C19H24N2O4S/c1-4-15-9-11-16(12-10-15)21(26(3,23)24)14-13-20-19(22)17-7-5-6-8-18(17)25-2/h5-12H,4,13-14H2,1-3H3,(H,20,22). The SMILES string of the molecule is CCc1ccc(N(CCNC(=O)c2ccccc2OC)S(C)(=O)=O)cc1. The van der Waals surface area contributed by atoms with Gasteiger partial charge in [0.1, 0.15) is 5.75 Å². The molecule has 1 amide bonds. The second kappa shape index (κ2) is 8.71. The molecule has 0 atom stereocenters. The summed E-state index contributed by atoms with van der Waals surface area (Å²) < 4.78 is 30.7. The van der Waals surface area contributed by atoms with Crippen LogP contribution in [0, 0.1) is 0 Å². The average molecular weight is 376 g/mol. The molecule has 2 rings (SSSR count). The van der Waals surface area contributed by atoms with Gasteiger partial charge in [-0.3, -0.25) is 9.10 Å². The molecule has 1 N–H and O–H groups in total. The number of nitrogens with zero attached hydrogens (tertiary/aromatic N) is 1. The Morgan fingerprint density at radius 2 is 1.77 bits per heavy atom. The highest BCUT2D eigenvalue weighted by Gasteiger charge is 2.18. The lowest BCUT2D eigenvalue weighted by Gasteiger charge is -2.23. The van der Waals surface area contributed by atoms with Crippen molar-refractivity contribution in [1.82, 2.24) is 5.32 Å². The third-order valence-electron chi connectivity index (χ3n) is 3.98. The molecule has 0 spiro atoms. The van der Waals surface area contributed by atoms with Crippen LogP contribution >= 0.6 is 0 Å². The van der Waals surface area contributed by atoms with Crippen molar-refractivity contribution in [3.63, 3.8) is 0 Å². The van der Waals surface area contributed by atoms with Gasteiger partial charge in [0.05, 0.1) is 31.2 Å². The summed E-state index contributed by atoms with van der Waals surface area (Å²) in [6, 6.07) is 14.3. The molecule has 0 saturated carbocycles. The number of benzene rings is 2. The molecule has 0 radical (unpaired) electrons. The monoisotopic (exact) mass is 376 g/mol. The molecule has 2 aromatic carbocycles. The maximum atomic E-state index is 12.3. The highest BCUT2D eigenvalue weighted by Crippen LogP contribution is 2.19. The number of rotatable bonds is 8. The van der Waals surface area contributed by atoms with Crippen LogP contribution in [0.5, 0.6) is 5.75 Å². The number of anilines is 1. The minimum absolute atomic E-state index is 0.144. The van der Waals surface area contributed by atoms with Crippen molar-refractivity contribution in [2.45, 2.75) is 13.3 Å². The molecule has 7 heteroatoms. The first-order chi connectivity index (χ1) is 12.4. The molecule has 0 unspecified atom stereocenters. The van der Waals surface area contributed by atoms with E-state index in [0.29, 0.717) is 17.0 Å². The van der Waals surface area contributed by atoms with Gasteiger partial charge in [-0.15, -0.1) is 0 Å². The second-order valence-corrected chi connectivity index (χ2v) is 7.72. The smallest absolute Gasteiger partial charge is 0.255 e. The summed E-state index contributed by atoms with van der Waals surface area (Å²) in [5, 5.41) is 2.74. The molecule has 26 heavy (non-hydrogen) atoms. The van der Waals surface area contributed by atoms with Crippen molar-refractivity contribution < 1.29 is 17.9 Å². The fourth-order valence-corrected chi connectivity index (χ4v) is 3.51. The lowest BCUT2D eigenvalue weighted by atomic mass is 10.1. The quantitative estimate of drug-likeness (QED) is 0.768. The Bertz CT molecular complexity index is 848. The van der Waals surface area contributed by atoms with Crippen molar-refractivity contribution in [2.75, 3.05) is 30.8 Å². The third kappa shape index (κ3) is 4.98. The number of hydrogen-bond donors (Lipinski definition) is 1. The lowest BCUT2D eigenvalue weighted by molar-refractivity contribution is 0.0952. The summed E-state index contributed by atoms with van der Waals surface area (Å²) in [5.74, 6) is 0.164. The molecule has 0 fully saturated rings. The number of carbonyl (C=O) groups excluding carboxylic acids is 1. The first-order valence-corrected chi connectivity index (χ1v) is 10.2. The summed E-state index contributed by atoms with van der Waals surface area (Å²) in [4.78, 5) is 12.3. The van der Waals surface area contributed by atoms with Crippen LogP contribution in [0.15, 0.2) is 48.5 Å². The Labute approximate surface area is 154 Å². The molecule has 0 bridgehead atoms. The molecule has 0 aliphatic carbocycles. The number of amides is 1. The fourth-order valence-electron chi connectivity index (χ4n) is 2.58. The average Bonchev–Trinajstić information content (AvgIpc) is 2.64. The van der Waals surface area contributed by atoms with Gasteiger partial charge in [-0.2, -0.15) is 0 Å². The van der Waals surface area contributed by atoms with Gasteiger partial charge in [0.2, 0.25) is 10.0 Å². The van der Waals surface area contributed by atoms with E-state index in [-0.39, 0.29) is 19.0 Å². The summed E-state index contributed by atoms with van der Waals surface area (Å²) in [6.07, 6.45) is 2.04. The van der Waals surface area contributed by atoms with Gasteiger partial charge < -0.3 is 10.1 Å². The van der Waals surface area contributed by atoms with E-state index < -0.39 is 10.0 Å². The van der Waals surface area contributed by atoms with E-state index in [9.17, 15) is 13.2 Å². The van der Waals surface area contributed by atoms with E-state index in [1.165, 1.54) is 11.4 Å². The minimum atomic E-state index is -3.46. The topological polar surface area (TPSA) is 75.7 Å². The van der Waals surface area contributed by atoms with Gasteiger partial charge >= 0.3 is 0 Å². The van der Waals surface area contributed by atoms with Crippen molar-refractivity contribution >= 4 is 21.6 Å². The zero-order valence-electron chi connectivity index (χ0n) is 15.2. The normalized spacial score (nSPS) is 11.0. The molecular weight excluding hydrogens is 352 g/mol. The lowest BCUT2D eigenvalue weighted by Crippen LogP contribution is -2.38. The Kier molecular flexibility index (Phi) is 6.63. The summed E-state index contributed by atoms with van der Waals surface area (Å²) in [6.45, 7) is 2.36. The molecular formula is C19H24N2O4S. The summed E-state index contributed by atoms with van der Waals surface area (Å²) >= 11 is 0. The molecule has 0 saturated heterocycles. The van der Waals surface area contributed by atoms with Crippen molar-refractivity contribution in [3.05, 3.63) is 59.7 Å². The molecule has 2 aromatic rings. The van der Waals surface area contributed by atoms with Gasteiger partial charge in [-0.05, 0) is 36.2 Å². The Morgan fingerprint density at radius 1 is 1.12 bits per heavy atom. The molecule has 6 nitrogen and oxygen atoms in total. The van der Waals surface area contributed by atoms with Crippen LogP contribution in [0.3, 0.4) is 0 Å². The van der Waals surface area contributed by atoms with Crippen LogP contribution < -0.4 is 14.4 Å². The number of para-hydroxylation sites is 1. The van der Waals surface area contributed by atoms with Gasteiger partial charge in [0.15, 0.2) is 0 Å². The van der Waals surface area contributed by atoms with Crippen molar-refractivity contribution in [2.24, 2.45) is 0 Å². The predicted molar refractivity (Wildman–Crippen MR) is 103 cm³/mol. The first kappa shape index (κ1) is 19.8. The van der Waals surface area contributed by atoms with Crippen molar-refractivity contribution in [3.8, 4) is 5.75 Å². The maximum absolute atomic E-state index is 12.3. The van der Waals surface area contributed by atoms with Crippen LogP contribution in [-0.4, -0.2) is 40.8 Å². The van der Waals surface area contributed by atoms with Crippen LogP contribution in [0.2, 0.25) is 0 Å². The van der Waals surface area contributed by atoms with E-state index in [4.69, 9.17) is 4.74 Å². The summed E-state index contributed by atoms with van der Waals surface area (Å²) in [7, 11) is -1.96. The molecule has 0 heterocycles. The Balaban J connectivity index is 2.07. The number of aryl methyl sites for hydroxylation is 1. The predicted octanol–water partition coefficient (Wildman–Crippen LogP) is 2.45. The zero-order valence-corrected chi connectivity index (χ0v) is 16.0. The Morgan fingerprint density at radius 3 is 2.35 bits per heavy atom. The van der Waals surface area contributed by atoms with E-state index in [1.807, 2.05) is 19.1 Å². The number of sulfonamides is 1. The van der Waals surface area contributed by atoms with Gasteiger partial charge in [0.25, 0.3) is 5.91 Å². The van der Waals surface area contributed by atoms with Crippen molar-refractivity contribution in [1.29, 1.82) is 0 Å². The van der Waals surface area contributed by atoms with Crippen LogP contribution in [0.1, 0.15) is 22.8 Å².